The fourth-order valence-corrected chi connectivity index (χ4v) is 2.14. The number of nitrogens with one attached hydrogen (secondary N) is 1. The lowest BCUT2D eigenvalue weighted by atomic mass is 10.1. The molecule has 26 heavy (non-hydrogen) atoms. The SMILES string of the molecule is CCCOc1cc(OC)ccc1C(=O)Nc1cnn(C(C)(C)C(=O)O)c1. The Morgan fingerprint density at radius 1 is 1.35 bits per heavy atom. The van der Waals surface area contributed by atoms with Crippen molar-refractivity contribution in [3.8, 4) is 11.5 Å². The third-order valence-corrected chi connectivity index (χ3v) is 3.83. The van der Waals surface area contributed by atoms with Crippen molar-refractivity contribution in [2.45, 2.75) is 32.7 Å². The number of carbonyl (C=O) groups excluding carboxylic acids is 1. The molecule has 1 amide bonds. The fraction of sp³-hybridized carbons (Fsp3) is 0.389. The average Bonchev–Trinajstić information content (AvgIpc) is 3.08. The van der Waals surface area contributed by atoms with Gasteiger partial charge in [-0.3, -0.25) is 9.48 Å². The number of aliphatic carboxylic acids is 1. The summed E-state index contributed by atoms with van der Waals surface area (Å²) in [6.45, 7) is 5.49. The Hall–Kier alpha value is -3.03. The van der Waals surface area contributed by atoms with Crippen molar-refractivity contribution in [1.82, 2.24) is 9.78 Å². The Bertz CT molecular complexity index is 798. The Labute approximate surface area is 151 Å². The van der Waals surface area contributed by atoms with Crippen LogP contribution in [0.1, 0.15) is 37.6 Å². The van der Waals surface area contributed by atoms with E-state index < -0.39 is 11.5 Å². The minimum Gasteiger partial charge on any atom is -0.497 e. The Morgan fingerprint density at radius 2 is 2.08 bits per heavy atom. The van der Waals surface area contributed by atoms with E-state index in [4.69, 9.17) is 9.47 Å². The number of nitrogens with zero attached hydrogens (tertiary/aromatic N) is 2. The van der Waals surface area contributed by atoms with Crippen LogP contribution in [-0.2, 0) is 10.3 Å². The lowest BCUT2D eigenvalue weighted by molar-refractivity contribution is -0.146. The minimum absolute atomic E-state index is 0.351. The lowest BCUT2D eigenvalue weighted by Gasteiger charge is -2.19. The van der Waals surface area contributed by atoms with E-state index in [1.54, 1.807) is 18.2 Å². The van der Waals surface area contributed by atoms with Gasteiger partial charge in [0.2, 0.25) is 0 Å². The van der Waals surface area contributed by atoms with Crippen LogP contribution in [-0.4, -0.2) is 40.5 Å². The Morgan fingerprint density at radius 3 is 2.69 bits per heavy atom. The number of hydrogen-bond acceptors (Lipinski definition) is 5. The zero-order valence-corrected chi connectivity index (χ0v) is 15.3. The smallest absolute Gasteiger partial charge is 0.331 e. The van der Waals surface area contributed by atoms with Gasteiger partial charge in [-0.25, -0.2) is 4.79 Å². The zero-order chi connectivity index (χ0) is 19.3. The first kappa shape index (κ1) is 19.3. The van der Waals surface area contributed by atoms with Crippen LogP contribution in [0.4, 0.5) is 5.69 Å². The van der Waals surface area contributed by atoms with E-state index in [0.29, 0.717) is 29.4 Å². The van der Waals surface area contributed by atoms with Gasteiger partial charge in [-0.2, -0.15) is 5.10 Å². The van der Waals surface area contributed by atoms with E-state index in [0.717, 1.165) is 6.42 Å². The fourth-order valence-electron chi connectivity index (χ4n) is 2.14. The van der Waals surface area contributed by atoms with E-state index >= 15 is 0 Å². The van der Waals surface area contributed by atoms with E-state index in [1.807, 2.05) is 6.92 Å². The van der Waals surface area contributed by atoms with Gasteiger partial charge in [0, 0.05) is 12.3 Å². The molecule has 0 saturated carbocycles. The van der Waals surface area contributed by atoms with Crippen molar-refractivity contribution in [2.75, 3.05) is 19.0 Å². The predicted molar refractivity (Wildman–Crippen MR) is 95.9 cm³/mol. The summed E-state index contributed by atoms with van der Waals surface area (Å²) in [4.78, 5) is 23.9. The highest BCUT2D eigenvalue weighted by molar-refractivity contribution is 6.06. The summed E-state index contributed by atoms with van der Waals surface area (Å²) in [5.41, 5.74) is -0.482. The maximum atomic E-state index is 12.6. The molecule has 0 fully saturated rings. The third kappa shape index (κ3) is 4.14. The first-order chi connectivity index (χ1) is 12.3. The van der Waals surface area contributed by atoms with Crippen LogP contribution in [0.15, 0.2) is 30.6 Å². The summed E-state index contributed by atoms with van der Waals surface area (Å²) in [6.07, 6.45) is 3.68. The van der Waals surface area contributed by atoms with E-state index in [2.05, 4.69) is 10.4 Å². The number of amides is 1. The summed E-state index contributed by atoms with van der Waals surface area (Å²) < 4.78 is 12.1. The van der Waals surface area contributed by atoms with Crippen LogP contribution in [0.3, 0.4) is 0 Å². The summed E-state index contributed by atoms with van der Waals surface area (Å²) in [5, 5.41) is 16.0. The number of carboxylic acids is 1. The van der Waals surface area contributed by atoms with Crippen LogP contribution >= 0.6 is 0 Å². The standard InChI is InChI=1S/C18H23N3O5/c1-5-8-26-15-9-13(25-4)6-7-14(15)16(22)20-12-10-19-21(11-12)18(2,3)17(23)24/h6-7,9-11H,5,8H2,1-4H3,(H,20,22)(H,23,24). The highest BCUT2D eigenvalue weighted by atomic mass is 16.5. The van der Waals surface area contributed by atoms with Crippen molar-refractivity contribution >= 4 is 17.6 Å². The van der Waals surface area contributed by atoms with Crippen molar-refractivity contribution in [2.24, 2.45) is 0 Å². The molecule has 0 saturated heterocycles. The molecular weight excluding hydrogens is 338 g/mol. The van der Waals surface area contributed by atoms with Gasteiger partial charge in [0.15, 0.2) is 5.54 Å². The molecule has 1 heterocycles. The van der Waals surface area contributed by atoms with Crippen LogP contribution in [0, 0.1) is 0 Å². The van der Waals surface area contributed by atoms with Crippen molar-refractivity contribution < 1.29 is 24.2 Å². The maximum Gasteiger partial charge on any atom is 0.331 e. The normalized spacial score (nSPS) is 11.1. The summed E-state index contributed by atoms with van der Waals surface area (Å²) in [5.74, 6) is -0.402. The van der Waals surface area contributed by atoms with Gasteiger partial charge < -0.3 is 19.9 Å². The van der Waals surface area contributed by atoms with Gasteiger partial charge in [0.1, 0.15) is 11.5 Å². The molecule has 0 bridgehead atoms. The number of benzene rings is 1. The van der Waals surface area contributed by atoms with Gasteiger partial charge >= 0.3 is 5.97 Å². The number of carbonyl (C=O) groups is 2. The molecule has 0 aliphatic rings. The molecule has 140 valence electrons. The molecule has 8 heteroatoms. The molecule has 0 aliphatic heterocycles. The molecule has 2 aromatic rings. The first-order valence-electron chi connectivity index (χ1n) is 8.20. The highest BCUT2D eigenvalue weighted by Crippen LogP contribution is 2.26. The topological polar surface area (TPSA) is 103 Å². The van der Waals surface area contributed by atoms with Crippen LogP contribution in [0.2, 0.25) is 0 Å². The van der Waals surface area contributed by atoms with Crippen LogP contribution < -0.4 is 14.8 Å². The maximum absolute atomic E-state index is 12.6. The molecular formula is C18H23N3O5. The molecule has 2 N–H and O–H groups in total. The van der Waals surface area contributed by atoms with Gasteiger partial charge in [0.05, 0.1) is 31.2 Å². The van der Waals surface area contributed by atoms with Crippen LogP contribution in [0.25, 0.3) is 0 Å². The second kappa shape index (κ2) is 7.90. The zero-order valence-electron chi connectivity index (χ0n) is 15.3. The number of rotatable bonds is 8. The second-order valence-corrected chi connectivity index (χ2v) is 6.20. The predicted octanol–water partition coefficient (Wildman–Crippen LogP) is 2.75. The van der Waals surface area contributed by atoms with Gasteiger partial charge in [-0.1, -0.05) is 6.92 Å². The summed E-state index contributed by atoms with van der Waals surface area (Å²) >= 11 is 0. The molecule has 0 radical (unpaired) electrons. The summed E-state index contributed by atoms with van der Waals surface area (Å²) in [7, 11) is 1.54. The van der Waals surface area contributed by atoms with E-state index in [1.165, 1.54) is 38.0 Å². The third-order valence-electron chi connectivity index (χ3n) is 3.83. The molecule has 0 unspecified atom stereocenters. The molecule has 0 atom stereocenters. The monoisotopic (exact) mass is 361 g/mol. The number of carboxylic acid groups (broad SMARTS) is 1. The minimum atomic E-state index is -1.22. The number of ether oxygens (including phenoxy) is 2. The number of hydrogen-bond donors (Lipinski definition) is 2. The first-order valence-corrected chi connectivity index (χ1v) is 8.20. The van der Waals surface area contributed by atoms with Gasteiger partial charge in [-0.05, 0) is 32.4 Å². The number of aromatic nitrogens is 2. The average molecular weight is 361 g/mol. The molecule has 2 rings (SSSR count). The highest BCUT2D eigenvalue weighted by Gasteiger charge is 2.30. The molecule has 8 nitrogen and oxygen atoms in total. The lowest BCUT2D eigenvalue weighted by Crippen LogP contribution is -2.35. The van der Waals surface area contributed by atoms with Crippen molar-refractivity contribution in [3.63, 3.8) is 0 Å². The van der Waals surface area contributed by atoms with Crippen LogP contribution in [0.5, 0.6) is 11.5 Å². The van der Waals surface area contributed by atoms with Gasteiger partial charge in [-0.15, -0.1) is 0 Å². The van der Waals surface area contributed by atoms with Crippen molar-refractivity contribution in [3.05, 3.63) is 36.2 Å². The Kier molecular flexibility index (Phi) is 5.86. The molecule has 1 aromatic carbocycles. The van der Waals surface area contributed by atoms with Crippen molar-refractivity contribution in [1.29, 1.82) is 0 Å². The molecule has 0 spiro atoms. The number of methoxy groups -OCH3 is 1. The second-order valence-electron chi connectivity index (χ2n) is 6.20. The van der Waals surface area contributed by atoms with E-state index in [9.17, 15) is 14.7 Å². The van der Waals surface area contributed by atoms with Gasteiger partial charge in [0.25, 0.3) is 5.91 Å². The summed E-state index contributed by atoms with van der Waals surface area (Å²) in [6, 6.07) is 4.94. The van der Waals surface area contributed by atoms with E-state index in [-0.39, 0.29) is 5.91 Å². The Balaban J connectivity index is 2.22. The largest absolute Gasteiger partial charge is 0.497 e. The molecule has 1 aromatic heterocycles. The number of anilines is 1. The molecule has 0 aliphatic carbocycles. The quantitative estimate of drug-likeness (QED) is 0.749.